The fourth-order valence-electron chi connectivity index (χ4n) is 1.43. The van der Waals surface area contributed by atoms with E-state index in [1.807, 2.05) is 6.92 Å². The molecule has 0 fully saturated rings. The first-order valence-electron chi connectivity index (χ1n) is 5.39. The van der Waals surface area contributed by atoms with Crippen molar-refractivity contribution in [2.45, 2.75) is 19.8 Å². The molecule has 0 aliphatic heterocycles. The van der Waals surface area contributed by atoms with Crippen LogP contribution in [0.25, 0.3) is 0 Å². The van der Waals surface area contributed by atoms with Gasteiger partial charge in [-0.1, -0.05) is 11.6 Å². The fourth-order valence-corrected chi connectivity index (χ4v) is 1.59. The van der Waals surface area contributed by atoms with Gasteiger partial charge in [0.1, 0.15) is 0 Å². The lowest BCUT2D eigenvalue weighted by Crippen LogP contribution is -2.13. The predicted octanol–water partition coefficient (Wildman–Crippen LogP) is 2.60. The third kappa shape index (κ3) is 4.24. The molecule has 0 aliphatic carbocycles. The molecule has 17 heavy (non-hydrogen) atoms. The Morgan fingerprint density at radius 3 is 2.88 bits per heavy atom. The van der Waals surface area contributed by atoms with Gasteiger partial charge >= 0.3 is 0 Å². The lowest BCUT2D eigenvalue weighted by molar-refractivity contribution is -0.116. The number of nitrogen functional groups attached to an aromatic ring is 1. The standard InChI is InChI=1S/C12H17ClN2O2/c1-8-6-10(14)9(13)7-11(8)15-12(16)4-3-5-17-2/h6-7H,3-5,14H2,1-2H3,(H,15,16). The van der Waals surface area contributed by atoms with Crippen molar-refractivity contribution < 1.29 is 9.53 Å². The van der Waals surface area contributed by atoms with Crippen LogP contribution in [0, 0.1) is 6.92 Å². The van der Waals surface area contributed by atoms with Gasteiger partial charge in [-0.25, -0.2) is 0 Å². The summed E-state index contributed by atoms with van der Waals surface area (Å²) in [6, 6.07) is 3.41. The molecule has 1 amide bonds. The summed E-state index contributed by atoms with van der Waals surface area (Å²) in [7, 11) is 1.61. The minimum atomic E-state index is -0.0500. The molecule has 1 aromatic rings. The molecule has 0 saturated heterocycles. The highest BCUT2D eigenvalue weighted by molar-refractivity contribution is 6.33. The SMILES string of the molecule is COCCCC(=O)Nc1cc(Cl)c(N)cc1C. The molecule has 1 rings (SSSR count). The van der Waals surface area contributed by atoms with E-state index < -0.39 is 0 Å². The molecular formula is C12H17ClN2O2. The average Bonchev–Trinajstić information content (AvgIpc) is 2.26. The van der Waals surface area contributed by atoms with E-state index in [1.165, 1.54) is 0 Å². The van der Waals surface area contributed by atoms with E-state index in [-0.39, 0.29) is 5.91 Å². The molecule has 0 unspecified atom stereocenters. The van der Waals surface area contributed by atoms with Gasteiger partial charge in [-0.2, -0.15) is 0 Å². The Hall–Kier alpha value is -1.26. The summed E-state index contributed by atoms with van der Waals surface area (Å²) in [4.78, 5) is 11.6. The Morgan fingerprint density at radius 1 is 1.53 bits per heavy atom. The van der Waals surface area contributed by atoms with E-state index in [0.29, 0.717) is 35.8 Å². The van der Waals surface area contributed by atoms with Gasteiger partial charge in [0.15, 0.2) is 0 Å². The van der Waals surface area contributed by atoms with Gasteiger partial charge in [-0.05, 0) is 31.0 Å². The third-order valence-corrected chi connectivity index (χ3v) is 2.70. The van der Waals surface area contributed by atoms with Crippen LogP contribution in [0.3, 0.4) is 0 Å². The van der Waals surface area contributed by atoms with E-state index >= 15 is 0 Å². The van der Waals surface area contributed by atoms with Crippen molar-refractivity contribution in [1.82, 2.24) is 0 Å². The molecule has 0 aliphatic rings. The van der Waals surface area contributed by atoms with Crippen LogP contribution in [0.2, 0.25) is 5.02 Å². The number of aryl methyl sites for hydroxylation is 1. The van der Waals surface area contributed by atoms with E-state index in [9.17, 15) is 4.79 Å². The number of hydrogen-bond donors (Lipinski definition) is 2. The summed E-state index contributed by atoms with van der Waals surface area (Å²) in [5, 5.41) is 3.25. The van der Waals surface area contributed by atoms with Gasteiger partial charge < -0.3 is 15.8 Å². The highest BCUT2D eigenvalue weighted by Crippen LogP contribution is 2.26. The third-order valence-electron chi connectivity index (χ3n) is 2.37. The number of anilines is 2. The van der Waals surface area contributed by atoms with Gasteiger partial charge in [-0.3, -0.25) is 4.79 Å². The normalized spacial score (nSPS) is 10.3. The van der Waals surface area contributed by atoms with E-state index in [0.717, 1.165) is 5.56 Å². The molecule has 3 N–H and O–H groups in total. The van der Waals surface area contributed by atoms with Crippen molar-refractivity contribution in [1.29, 1.82) is 0 Å². The summed E-state index contributed by atoms with van der Waals surface area (Å²) >= 11 is 5.90. The monoisotopic (exact) mass is 256 g/mol. The van der Waals surface area contributed by atoms with Crippen LogP contribution in [0.4, 0.5) is 11.4 Å². The molecule has 5 heteroatoms. The quantitative estimate of drug-likeness (QED) is 0.629. The number of ether oxygens (including phenoxy) is 1. The summed E-state index contributed by atoms with van der Waals surface area (Å²) < 4.78 is 4.88. The number of nitrogens with one attached hydrogen (secondary N) is 1. The first kappa shape index (κ1) is 13.8. The van der Waals surface area contributed by atoms with Crippen molar-refractivity contribution in [3.8, 4) is 0 Å². The number of hydrogen-bond acceptors (Lipinski definition) is 3. The largest absolute Gasteiger partial charge is 0.398 e. The van der Waals surface area contributed by atoms with Crippen molar-refractivity contribution in [3.05, 3.63) is 22.7 Å². The summed E-state index contributed by atoms with van der Waals surface area (Å²) in [5.74, 6) is -0.0500. The molecule has 0 atom stereocenters. The molecule has 1 aromatic carbocycles. The minimum Gasteiger partial charge on any atom is -0.398 e. The number of halogens is 1. The minimum absolute atomic E-state index is 0.0500. The van der Waals surface area contributed by atoms with Crippen LogP contribution in [0.5, 0.6) is 0 Å². The molecule has 0 heterocycles. The van der Waals surface area contributed by atoms with Crippen molar-refractivity contribution in [2.24, 2.45) is 0 Å². The molecule has 0 radical (unpaired) electrons. The van der Waals surface area contributed by atoms with Crippen molar-refractivity contribution in [3.63, 3.8) is 0 Å². The number of rotatable bonds is 5. The van der Waals surface area contributed by atoms with Crippen molar-refractivity contribution in [2.75, 3.05) is 24.8 Å². The van der Waals surface area contributed by atoms with Gasteiger partial charge in [0.2, 0.25) is 5.91 Å². The van der Waals surface area contributed by atoms with Crippen LogP contribution in [-0.4, -0.2) is 19.6 Å². The Labute approximate surface area is 106 Å². The van der Waals surface area contributed by atoms with Crippen LogP contribution >= 0.6 is 11.6 Å². The second-order valence-corrected chi connectivity index (χ2v) is 4.24. The smallest absolute Gasteiger partial charge is 0.224 e. The number of benzene rings is 1. The Morgan fingerprint density at radius 2 is 2.24 bits per heavy atom. The molecule has 0 spiro atoms. The zero-order valence-electron chi connectivity index (χ0n) is 10.0. The fraction of sp³-hybridized carbons (Fsp3) is 0.417. The Balaban J connectivity index is 2.62. The highest BCUT2D eigenvalue weighted by atomic mass is 35.5. The van der Waals surface area contributed by atoms with Gasteiger partial charge in [-0.15, -0.1) is 0 Å². The number of amides is 1. The Kier molecular flexibility index (Phi) is 5.25. The highest BCUT2D eigenvalue weighted by Gasteiger charge is 2.07. The molecule has 94 valence electrons. The topological polar surface area (TPSA) is 64.3 Å². The van der Waals surface area contributed by atoms with E-state index in [2.05, 4.69) is 5.32 Å². The van der Waals surface area contributed by atoms with Crippen LogP contribution in [0.1, 0.15) is 18.4 Å². The molecule has 0 saturated carbocycles. The van der Waals surface area contributed by atoms with E-state index in [4.69, 9.17) is 22.1 Å². The number of carbonyl (C=O) groups excluding carboxylic acids is 1. The molecular weight excluding hydrogens is 240 g/mol. The predicted molar refractivity (Wildman–Crippen MR) is 70.3 cm³/mol. The number of nitrogens with two attached hydrogens (primary N) is 1. The first-order valence-corrected chi connectivity index (χ1v) is 5.76. The van der Waals surface area contributed by atoms with Crippen molar-refractivity contribution >= 4 is 28.9 Å². The second kappa shape index (κ2) is 6.47. The second-order valence-electron chi connectivity index (χ2n) is 3.83. The number of methoxy groups -OCH3 is 1. The zero-order valence-corrected chi connectivity index (χ0v) is 10.8. The van der Waals surface area contributed by atoms with Gasteiger partial charge in [0, 0.05) is 25.8 Å². The first-order chi connectivity index (χ1) is 8.04. The van der Waals surface area contributed by atoms with Crippen LogP contribution in [0.15, 0.2) is 12.1 Å². The maximum atomic E-state index is 11.6. The molecule has 0 bridgehead atoms. The summed E-state index contributed by atoms with van der Waals surface area (Å²) in [5.41, 5.74) is 7.77. The van der Waals surface area contributed by atoms with Gasteiger partial charge in [0.05, 0.1) is 10.7 Å². The Bertz CT molecular complexity index is 408. The van der Waals surface area contributed by atoms with E-state index in [1.54, 1.807) is 19.2 Å². The maximum Gasteiger partial charge on any atom is 0.224 e. The number of carbonyl (C=O) groups is 1. The maximum absolute atomic E-state index is 11.6. The lowest BCUT2D eigenvalue weighted by Gasteiger charge is -2.10. The molecule has 0 aromatic heterocycles. The lowest BCUT2D eigenvalue weighted by atomic mass is 10.1. The van der Waals surface area contributed by atoms with Crippen LogP contribution in [-0.2, 0) is 9.53 Å². The zero-order chi connectivity index (χ0) is 12.8. The summed E-state index contributed by atoms with van der Waals surface area (Å²) in [6.45, 7) is 2.45. The average molecular weight is 257 g/mol. The van der Waals surface area contributed by atoms with Gasteiger partial charge in [0.25, 0.3) is 0 Å². The van der Waals surface area contributed by atoms with Crippen LogP contribution < -0.4 is 11.1 Å². The summed E-state index contributed by atoms with van der Waals surface area (Å²) in [6.07, 6.45) is 1.12. The molecule has 4 nitrogen and oxygen atoms in total.